The van der Waals surface area contributed by atoms with E-state index >= 15 is 0 Å². The molecule has 0 aromatic heterocycles. The molecule has 1 saturated carbocycles. The Kier molecular flexibility index (Phi) is 5.65. The molecule has 1 unspecified atom stereocenters. The number of carbonyl (C=O) groups excluding carboxylic acids is 1. The Morgan fingerprint density at radius 3 is 2.60 bits per heavy atom. The summed E-state index contributed by atoms with van der Waals surface area (Å²) in [6.07, 6.45) is 5.59. The lowest BCUT2D eigenvalue weighted by Crippen LogP contribution is -2.39. The summed E-state index contributed by atoms with van der Waals surface area (Å²) in [5.41, 5.74) is 2.82. The first-order valence-electron chi connectivity index (χ1n) is 5.85. The average molecular weight is 215 g/mol. The molecule has 4 heteroatoms. The molecule has 1 N–H and O–H groups in total. The van der Waals surface area contributed by atoms with Gasteiger partial charge in [0.1, 0.15) is 6.04 Å². The van der Waals surface area contributed by atoms with Crippen LogP contribution in [0.1, 0.15) is 46.0 Å². The number of rotatable bonds is 6. The van der Waals surface area contributed by atoms with Gasteiger partial charge in [-0.1, -0.05) is 19.8 Å². The molecule has 0 heterocycles. The van der Waals surface area contributed by atoms with Crippen molar-refractivity contribution < 1.29 is 14.4 Å². The molecular weight excluding hydrogens is 194 g/mol. The van der Waals surface area contributed by atoms with Crippen molar-refractivity contribution in [3.63, 3.8) is 0 Å². The summed E-state index contributed by atoms with van der Waals surface area (Å²) in [5, 5.41) is 0. The molecule has 0 radical (unpaired) electrons. The third-order valence-electron chi connectivity index (χ3n) is 2.66. The first-order valence-corrected chi connectivity index (χ1v) is 5.85. The summed E-state index contributed by atoms with van der Waals surface area (Å²) >= 11 is 0. The molecular formula is C11H21NO3. The maximum absolute atomic E-state index is 11.4. The molecule has 0 bridgehead atoms. The van der Waals surface area contributed by atoms with Gasteiger partial charge in [-0.2, -0.15) is 5.48 Å². The molecule has 0 aromatic carbocycles. The first-order chi connectivity index (χ1) is 7.27. The van der Waals surface area contributed by atoms with Gasteiger partial charge >= 0.3 is 5.97 Å². The topological polar surface area (TPSA) is 47.6 Å². The van der Waals surface area contributed by atoms with Gasteiger partial charge in [-0.05, 0) is 26.2 Å². The second kappa shape index (κ2) is 6.80. The zero-order valence-corrected chi connectivity index (χ0v) is 9.62. The number of ether oxygens (including phenoxy) is 1. The van der Waals surface area contributed by atoms with Crippen LogP contribution in [0.5, 0.6) is 0 Å². The van der Waals surface area contributed by atoms with E-state index in [9.17, 15) is 4.79 Å². The van der Waals surface area contributed by atoms with Crippen LogP contribution >= 0.6 is 0 Å². The normalized spacial score (nSPS) is 19.1. The van der Waals surface area contributed by atoms with E-state index in [0.29, 0.717) is 13.0 Å². The van der Waals surface area contributed by atoms with E-state index in [1.165, 1.54) is 12.8 Å². The Bertz CT molecular complexity index is 190. The summed E-state index contributed by atoms with van der Waals surface area (Å²) < 4.78 is 4.93. The van der Waals surface area contributed by atoms with Gasteiger partial charge in [0.2, 0.25) is 0 Å². The van der Waals surface area contributed by atoms with Crippen LogP contribution in [0, 0.1) is 0 Å². The Labute approximate surface area is 91.3 Å². The number of hydrogen-bond acceptors (Lipinski definition) is 4. The van der Waals surface area contributed by atoms with Gasteiger partial charge in [-0.25, -0.2) is 0 Å². The van der Waals surface area contributed by atoms with E-state index in [4.69, 9.17) is 9.57 Å². The largest absolute Gasteiger partial charge is 0.465 e. The minimum atomic E-state index is -0.328. The van der Waals surface area contributed by atoms with Crippen LogP contribution in [0.4, 0.5) is 0 Å². The second-order valence-electron chi connectivity index (χ2n) is 3.86. The number of hydrogen-bond donors (Lipinski definition) is 1. The highest BCUT2D eigenvalue weighted by Gasteiger charge is 2.21. The van der Waals surface area contributed by atoms with Crippen LogP contribution in [0.2, 0.25) is 0 Å². The van der Waals surface area contributed by atoms with Crippen molar-refractivity contribution >= 4 is 5.97 Å². The zero-order valence-electron chi connectivity index (χ0n) is 9.62. The molecule has 15 heavy (non-hydrogen) atoms. The lowest BCUT2D eigenvalue weighted by Gasteiger charge is -2.18. The number of hydroxylamine groups is 1. The third-order valence-corrected chi connectivity index (χ3v) is 2.66. The van der Waals surface area contributed by atoms with Gasteiger partial charge < -0.3 is 4.74 Å². The molecule has 0 aromatic rings. The molecule has 4 nitrogen and oxygen atoms in total. The van der Waals surface area contributed by atoms with Crippen molar-refractivity contribution in [3.05, 3.63) is 0 Å². The number of esters is 1. The Morgan fingerprint density at radius 1 is 1.40 bits per heavy atom. The van der Waals surface area contributed by atoms with Crippen LogP contribution in [-0.2, 0) is 14.4 Å². The molecule has 0 spiro atoms. The van der Waals surface area contributed by atoms with E-state index < -0.39 is 0 Å². The van der Waals surface area contributed by atoms with Crippen molar-refractivity contribution in [2.45, 2.75) is 58.1 Å². The minimum absolute atomic E-state index is 0.224. The smallest absolute Gasteiger partial charge is 0.325 e. The Morgan fingerprint density at radius 2 is 2.07 bits per heavy atom. The molecule has 1 aliphatic rings. The average Bonchev–Trinajstić information content (AvgIpc) is 2.72. The summed E-state index contributed by atoms with van der Waals surface area (Å²) in [5.74, 6) is -0.224. The second-order valence-corrected chi connectivity index (χ2v) is 3.86. The monoisotopic (exact) mass is 215 g/mol. The van der Waals surface area contributed by atoms with E-state index in [-0.39, 0.29) is 18.1 Å². The van der Waals surface area contributed by atoms with E-state index in [1.54, 1.807) is 0 Å². The Balaban J connectivity index is 2.23. The highest BCUT2D eigenvalue weighted by Crippen LogP contribution is 2.20. The minimum Gasteiger partial charge on any atom is -0.465 e. The lowest BCUT2D eigenvalue weighted by atomic mass is 10.2. The quantitative estimate of drug-likeness (QED) is 0.542. The van der Waals surface area contributed by atoms with Crippen LogP contribution < -0.4 is 5.48 Å². The first kappa shape index (κ1) is 12.5. The van der Waals surface area contributed by atoms with E-state index in [0.717, 1.165) is 12.8 Å². The van der Waals surface area contributed by atoms with E-state index in [1.807, 2.05) is 13.8 Å². The molecule has 88 valence electrons. The maximum Gasteiger partial charge on any atom is 0.325 e. The standard InChI is InChI=1S/C11H21NO3/c1-3-10(11(13)14-4-2)12-15-9-7-5-6-8-9/h9-10,12H,3-8H2,1-2H3. The van der Waals surface area contributed by atoms with Crippen LogP contribution in [0.3, 0.4) is 0 Å². The van der Waals surface area contributed by atoms with Crippen molar-refractivity contribution in [1.29, 1.82) is 0 Å². The zero-order chi connectivity index (χ0) is 11.1. The summed E-state index contributed by atoms with van der Waals surface area (Å²) in [4.78, 5) is 16.9. The van der Waals surface area contributed by atoms with Crippen molar-refractivity contribution in [3.8, 4) is 0 Å². The van der Waals surface area contributed by atoms with Gasteiger partial charge in [-0.15, -0.1) is 0 Å². The predicted molar refractivity (Wildman–Crippen MR) is 57.2 cm³/mol. The summed E-state index contributed by atoms with van der Waals surface area (Å²) in [6, 6.07) is -0.328. The maximum atomic E-state index is 11.4. The van der Waals surface area contributed by atoms with Crippen LogP contribution in [0.25, 0.3) is 0 Å². The molecule has 1 atom stereocenters. The van der Waals surface area contributed by atoms with Gasteiger partial charge in [0.25, 0.3) is 0 Å². The molecule has 0 amide bonds. The number of carbonyl (C=O) groups is 1. The van der Waals surface area contributed by atoms with Crippen molar-refractivity contribution in [2.75, 3.05) is 6.61 Å². The Hall–Kier alpha value is -0.610. The fraction of sp³-hybridized carbons (Fsp3) is 0.909. The predicted octanol–water partition coefficient (Wildman–Crippen LogP) is 1.79. The molecule has 0 aliphatic heterocycles. The van der Waals surface area contributed by atoms with Crippen LogP contribution in [-0.4, -0.2) is 24.7 Å². The molecule has 1 fully saturated rings. The van der Waals surface area contributed by atoms with Crippen molar-refractivity contribution in [1.82, 2.24) is 5.48 Å². The highest BCUT2D eigenvalue weighted by atomic mass is 16.7. The van der Waals surface area contributed by atoms with Crippen LogP contribution in [0.15, 0.2) is 0 Å². The number of nitrogens with one attached hydrogen (secondary N) is 1. The fourth-order valence-electron chi connectivity index (χ4n) is 1.73. The van der Waals surface area contributed by atoms with Gasteiger partial charge in [0, 0.05) is 0 Å². The molecule has 1 rings (SSSR count). The van der Waals surface area contributed by atoms with Gasteiger partial charge in [-0.3, -0.25) is 9.63 Å². The summed E-state index contributed by atoms with van der Waals surface area (Å²) in [6.45, 7) is 4.16. The molecule has 0 saturated heterocycles. The lowest BCUT2D eigenvalue weighted by molar-refractivity contribution is -0.152. The van der Waals surface area contributed by atoms with Crippen molar-refractivity contribution in [2.24, 2.45) is 0 Å². The van der Waals surface area contributed by atoms with Gasteiger partial charge in [0.15, 0.2) is 0 Å². The highest BCUT2D eigenvalue weighted by molar-refractivity contribution is 5.75. The SMILES string of the molecule is CCOC(=O)C(CC)NOC1CCCC1. The van der Waals surface area contributed by atoms with Gasteiger partial charge in [0.05, 0.1) is 12.7 Å². The fourth-order valence-corrected chi connectivity index (χ4v) is 1.73. The third kappa shape index (κ3) is 4.18. The summed E-state index contributed by atoms with van der Waals surface area (Å²) in [7, 11) is 0. The molecule has 1 aliphatic carbocycles. The van der Waals surface area contributed by atoms with E-state index in [2.05, 4.69) is 5.48 Å².